The third-order valence-corrected chi connectivity index (χ3v) is 4.83. The van der Waals surface area contributed by atoms with Crippen molar-refractivity contribution in [3.63, 3.8) is 0 Å². The minimum atomic E-state index is -3.52. The van der Waals surface area contributed by atoms with Crippen LogP contribution in [0, 0.1) is 17.4 Å². The first kappa shape index (κ1) is 14.3. The second-order valence-electron chi connectivity index (χ2n) is 4.38. The molecule has 2 rings (SSSR count). The number of nitrogens with one attached hydrogen (secondary N) is 1. The zero-order valence-corrected chi connectivity index (χ0v) is 13.6. The summed E-state index contributed by atoms with van der Waals surface area (Å²) in [7, 11) is -3.52. The van der Waals surface area contributed by atoms with E-state index in [9.17, 15) is 8.42 Å². The molecule has 0 atom stereocenters. The first-order valence-electron chi connectivity index (χ1n) is 5.74. The van der Waals surface area contributed by atoms with Crippen molar-refractivity contribution in [2.45, 2.75) is 18.7 Å². The van der Waals surface area contributed by atoms with Crippen molar-refractivity contribution in [1.82, 2.24) is 0 Å². The molecular formula is C14H14INO2S. The highest BCUT2D eigenvalue weighted by atomic mass is 127. The van der Waals surface area contributed by atoms with Gasteiger partial charge in [-0.2, -0.15) is 0 Å². The standard InChI is InChI=1S/C14H14INO2S/c1-10-3-7-13(8-4-10)19(17,18)16-14-9-12(15)6-5-11(14)2/h3-9,16H,1-2H3. The Morgan fingerprint density at radius 3 is 2.26 bits per heavy atom. The van der Waals surface area contributed by atoms with Crippen molar-refractivity contribution in [3.05, 3.63) is 57.2 Å². The Hall–Kier alpha value is -1.08. The maximum atomic E-state index is 12.3. The number of sulfonamides is 1. The van der Waals surface area contributed by atoms with E-state index in [1.165, 1.54) is 0 Å². The second kappa shape index (κ2) is 5.50. The van der Waals surface area contributed by atoms with Gasteiger partial charge in [0.25, 0.3) is 10.0 Å². The van der Waals surface area contributed by atoms with E-state index >= 15 is 0 Å². The second-order valence-corrected chi connectivity index (χ2v) is 7.31. The van der Waals surface area contributed by atoms with Gasteiger partial charge in [-0.05, 0) is 66.3 Å². The van der Waals surface area contributed by atoms with Crippen molar-refractivity contribution in [3.8, 4) is 0 Å². The number of hydrogen-bond acceptors (Lipinski definition) is 2. The summed E-state index contributed by atoms with van der Waals surface area (Å²) >= 11 is 2.16. The number of benzene rings is 2. The molecule has 0 aliphatic carbocycles. The third kappa shape index (κ3) is 3.48. The molecule has 0 unspecified atom stereocenters. The van der Waals surface area contributed by atoms with E-state index in [0.29, 0.717) is 5.69 Å². The Morgan fingerprint density at radius 2 is 1.63 bits per heavy atom. The highest BCUT2D eigenvalue weighted by Gasteiger charge is 2.14. The average Bonchev–Trinajstić information content (AvgIpc) is 2.34. The molecule has 0 bridgehead atoms. The molecule has 3 nitrogen and oxygen atoms in total. The van der Waals surface area contributed by atoms with Crippen molar-refractivity contribution < 1.29 is 8.42 Å². The van der Waals surface area contributed by atoms with Crippen LogP contribution >= 0.6 is 22.6 Å². The molecular weight excluding hydrogens is 373 g/mol. The smallest absolute Gasteiger partial charge is 0.261 e. The van der Waals surface area contributed by atoms with Crippen molar-refractivity contribution >= 4 is 38.3 Å². The Labute approximate surface area is 127 Å². The quantitative estimate of drug-likeness (QED) is 0.817. The topological polar surface area (TPSA) is 46.2 Å². The monoisotopic (exact) mass is 387 g/mol. The molecule has 100 valence electrons. The molecule has 0 aliphatic rings. The van der Waals surface area contributed by atoms with Gasteiger partial charge in [-0.15, -0.1) is 0 Å². The van der Waals surface area contributed by atoms with E-state index in [4.69, 9.17) is 0 Å². The maximum absolute atomic E-state index is 12.3. The lowest BCUT2D eigenvalue weighted by molar-refractivity contribution is 0.601. The van der Waals surface area contributed by atoms with Gasteiger partial charge in [-0.1, -0.05) is 23.8 Å². The molecule has 0 saturated heterocycles. The zero-order chi connectivity index (χ0) is 14.0. The van der Waals surface area contributed by atoms with Gasteiger partial charge in [-0.25, -0.2) is 8.42 Å². The summed E-state index contributed by atoms with van der Waals surface area (Å²) in [5, 5.41) is 0. The first-order valence-corrected chi connectivity index (χ1v) is 8.30. The van der Waals surface area contributed by atoms with E-state index in [1.807, 2.05) is 32.0 Å². The highest BCUT2D eigenvalue weighted by Crippen LogP contribution is 2.22. The number of rotatable bonds is 3. The van der Waals surface area contributed by atoms with Crippen LogP contribution in [0.5, 0.6) is 0 Å². The van der Waals surface area contributed by atoms with Crippen LogP contribution < -0.4 is 4.72 Å². The Balaban J connectivity index is 2.36. The van der Waals surface area contributed by atoms with E-state index < -0.39 is 10.0 Å². The van der Waals surface area contributed by atoms with Gasteiger partial charge < -0.3 is 0 Å². The number of aryl methyl sites for hydroxylation is 2. The molecule has 0 aliphatic heterocycles. The van der Waals surface area contributed by atoms with Gasteiger partial charge in [0.2, 0.25) is 0 Å². The van der Waals surface area contributed by atoms with Crippen LogP contribution in [0.25, 0.3) is 0 Å². The molecule has 2 aromatic carbocycles. The highest BCUT2D eigenvalue weighted by molar-refractivity contribution is 14.1. The van der Waals surface area contributed by atoms with Gasteiger partial charge in [0.1, 0.15) is 0 Å². The summed E-state index contributed by atoms with van der Waals surface area (Å²) in [6, 6.07) is 12.5. The van der Waals surface area contributed by atoms with E-state index in [-0.39, 0.29) is 4.90 Å². The fraction of sp³-hybridized carbons (Fsp3) is 0.143. The van der Waals surface area contributed by atoms with Crippen LogP contribution in [0.1, 0.15) is 11.1 Å². The maximum Gasteiger partial charge on any atom is 0.261 e. The summed E-state index contributed by atoms with van der Waals surface area (Å²) in [6.45, 7) is 3.80. The lowest BCUT2D eigenvalue weighted by atomic mass is 10.2. The molecule has 0 radical (unpaired) electrons. The van der Waals surface area contributed by atoms with Gasteiger partial charge in [0.05, 0.1) is 10.6 Å². The van der Waals surface area contributed by atoms with Crippen LogP contribution in [-0.2, 0) is 10.0 Å². The van der Waals surface area contributed by atoms with Crippen molar-refractivity contribution in [2.75, 3.05) is 4.72 Å². The van der Waals surface area contributed by atoms with Crippen molar-refractivity contribution in [2.24, 2.45) is 0 Å². The Bertz CT molecular complexity index is 694. The molecule has 0 saturated carbocycles. The summed E-state index contributed by atoms with van der Waals surface area (Å²) in [6.07, 6.45) is 0. The molecule has 0 amide bonds. The first-order chi connectivity index (χ1) is 8.88. The molecule has 0 heterocycles. The molecule has 0 fully saturated rings. The summed E-state index contributed by atoms with van der Waals surface area (Å²) in [5.41, 5.74) is 2.55. The fourth-order valence-corrected chi connectivity index (χ4v) is 3.24. The third-order valence-electron chi connectivity index (χ3n) is 2.78. The number of anilines is 1. The molecule has 19 heavy (non-hydrogen) atoms. The number of halogens is 1. The zero-order valence-electron chi connectivity index (χ0n) is 10.6. The number of hydrogen-bond donors (Lipinski definition) is 1. The summed E-state index contributed by atoms with van der Waals surface area (Å²) < 4.78 is 28.1. The minimum absolute atomic E-state index is 0.274. The predicted octanol–water partition coefficient (Wildman–Crippen LogP) is 3.71. The summed E-state index contributed by atoms with van der Waals surface area (Å²) in [4.78, 5) is 0.274. The van der Waals surface area contributed by atoms with Crippen LogP contribution in [0.2, 0.25) is 0 Å². The van der Waals surface area contributed by atoms with Crippen LogP contribution in [0.4, 0.5) is 5.69 Å². The largest absolute Gasteiger partial charge is 0.279 e. The molecule has 1 N–H and O–H groups in total. The van der Waals surface area contributed by atoms with Crippen LogP contribution in [-0.4, -0.2) is 8.42 Å². The van der Waals surface area contributed by atoms with Gasteiger partial charge in [-0.3, -0.25) is 4.72 Å². The molecule has 2 aromatic rings. The van der Waals surface area contributed by atoms with Gasteiger partial charge >= 0.3 is 0 Å². The molecule has 0 aromatic heterocycles. The van der Waals surface area contributed by atoms with Gasteiger partial charge in [0.15, 0.2) is 0 Å². The Morgan fingerprint density at radius 1 is 1.00 bits per heavy atom. The van der Waals surface area contributed by atoms with E-state index in [1.54, 1.807) is 24.3 Å². The average molecular weight is 387 g/mol. The van der Waals surface area contributed by atoms with E-state index in [0.717, 1.165) is 14.7 Å². The van der Waals surface area contributed by atoms with E-state index in [2.05, 4.69) is 27.3 Å². The normalized spacial score (nSPS) is 11.3. The fourth-order valence-electron chi connectivity index (χ4n) is 1.63. The Kier molecular flexibility index (Phi) is 4.15. The van der Waals surface area contributed by atoms with Gasteiger partial charge in [0, 0.05) is 3.57 Å². The molecule has 5 heteroatoms. The minimum Gasteiger partial charge on any atom is -0.279 e. The SMILES string of the molecule is Cc1ccc(S(=O)(=O)Nc2cc(I)ccc2C)cc1. The lowest BCUT2D eigenvalue weighted by Crippen LogP contribution is -2.13. The summed E-state index contributed by atoms with van der Waals surface area (Å²) in [5.74, 6) is 0. The van der Waals surface area contributed by atoms with Crippen molar-refractivity contribution in [1.29, 1.82) is 0 Å². The lowest BCUT2D eigenvalue weighted by Gasteiger charge is -2.11. The predicted molar refractivity (Wildman–Crippen MR) is 85.9 cm³/mol. The molecule has 0 spiro atoms. The van der Waals surface area contributed by atoms with Crippen LogP contribution in [0.15, 0.2) is 47.4 Å². The van der Waals surface area contributed by atoms with Crippen LogP contribution in [0.3, 0.4) is 0 Å².